The van der Waals surface area contributed by atoms with Crippen molar-refractivity contribution in [2.45, 2.75) is 37.8 Å². The standard InChI is InChI=1S/C13H15N3O2S/c14-5-9-8-2-1-3-11(8)19-13(9)16-12(18)10-4-7(17)6-15-10/h7,10,15,17H,1-4,6H2,(H,16,18). The lowest BCUT2D eigenvalue weighted by Gasteiger charge is -2.10. The van der Waals surface area contributed by atoms with Gasteiger partial charge in [-0.3, -0.25) is 4.79 Å². The topological polar surface area (TPSA) is 85.2 Å². The van der Waals surface area contributed by atoms with Gasteiger partial charge >= 0.3 is 0 Å². The van der Waals surface area contributed by atoms with Gasteiger partial charge in [0.05, 0.1) is 17.7 Å². The van der Waals surface area contributed by atoms with Gasteiger partial charge in [0.2, 0.25) is 5.91 Å². The number of carbonyl (C=O) groups is 1. The van der Waals surface area contributed by atoms with E-state index in [9.17, 15) is 15.2 Å². The molecule has 6 heteroatoms. The first kappa shape index (κ1) is 12.6. The van der Waals surface area contributed by atoms with E-state index in [4.69, 9.17) is 0 Å². The van der Waals surface area contributed by atoms with Crippen molar-refractivity contribution in [1.29, 1.82) is 5.26 Å². The minimum absolute atomic E-state index is 0.159. The number of hydrogen-bond donors (Lipinski definition) is 3. The van der Waals surface area contributed by atoms with Crippen LogP contribution in [0.2, 0.25) is 0 Å². The van der Waals surface area contributed by atoms with Gasteiger partial charge in [-0.25, -0.2) is 0 Å². The zero-order chi connectivity index (χ0) is 13.4. The smallest absolute Gasteiger partial charge is 0.242 e. The Morgan fingerprint density at radius 2 is 2.37 bits per heavy atom. The van der Waals surface area contributed by atoms with Gasteiger partial charge in [-0.1, -0.05) is 0 Å². The summed E-state index contributed by atoms with van der Waals surface area (Å²) in [4.78, 5) is 13.3. The highest BCUT2D eigenvalue weighted by Crippen LogP contribution is 2.38. The van der Waals surface area contributed by atoms with Gasteiger partial charge in [-0.2, -0.15) is 5.26 Å². The number of aryl methyl sites for hydroxylation is 1. The Balaban J connectivity index is 1.77. The molecule has 19 heavy (non-hydrogen) atoms. The van der Waals surface area contributed by atoms with Crippen LogP contribution in [0.1, 0.15) is 28.8 Å². The van der Waals surface area contributed by atoms with Crippen molar-refractivity contribution >= 4 is 22.2 Å². The zero-order valence-corrected chi connectivity index (χ0v) is 11.2. The number of rotatable bonds is 2. The zero-order valence-electron chi connectivity index (χ0n) is 10.4. The molecule has 3 N–H and O–H groups in total. The second-order valence-corrected chi connectivity index (χ2v) is 6.12. The van der Waals surface area contributed by atoms with Gasteiger partial charge in [-0.05, 0) is 31.2 Å². The average Bonchev–Trinajstić information content (AvgIpc) is 3.04. The number of anilines is 1. The second-order valence-electron chi connectivity index (χ2n) is 5.01. The molecular formula is C13H15N3O2S. The first-order valence-electron chi connectivity index (χ1n) is 6.46. The number of fused-ring (bicyclic) bond motifs is 1. The molecular weight excluding hydrogens is 262 g/mol. The predicted octanol–water partition coefficient (Wildman–Crippen LogP) is 0.770. The lowest BCUT2D eigenvalue weighted by molar-refractivity contribution is -0.117. The fourth-order valence-electron chi connectivity index (χ4n) is 2.73. The molecule has 1 aromatic rings. The molecule has 100 valence electrons. The number of thiophene rings is 1. The van der Waals surface area contributed by atoms with Crippen LogP contribution in [0.15, 0.2) is 0 Å². The number of amides is 1. The number of aliphatic hydroxyl groups is 1. The van der Waals surface area contributed by atoms with Crippen LogP contribution in [0.3, 0.4) is 0 Å². The van der Waals surface area contributed by atoms with Gasteiger partial charge in [0.25, 0.3) is 0 Å². The molecule has 1 fully saturated rings. The molecule has 1 saturated heterocycles. The highest BCUT2D eigenvalue weighted by molar-refractivity contribution is 7.16. The van der Waals surface area contributed by atoms with Crippen molar-refractivity contribution in [3.05, 3.63) is 16.0 Å². The summed E-state index contributed by atoms with van der Waals surface area (Å²) < 4.78 is 0. The number of nitrogens with zero attached hydrogens (tertiary/aromatic N) is 1. The van der Waals surface area contributed by atoms with Crippen LogP contribution < -0.4 is 10.6 Å². The van der Waals surface area contributed by atoms with E-state index in [1.165, 1.54) is 16.2 Å². The number of β-amino-alcohol motifs (C(OH)–C–C–N with tert-alkyl or cyclic N) is 1. The Hall–Kier alpha value is -1.42. The first-order chi connectivity index (χ1) is 9.19. The van der Waals surface area contributed by atoms with E-state index in [-0.39, 0.29) is 11.9 Å². The SMILES string of the molecule is N#Cc1c(NC(=O)C2CC(O)CN2)sc2c1CCC2. The normalized spacial score (nSPS) is 25.1. The summed E-state index contributed by atoms with van der Waals surface area (Å²) in [5, 5.41) is 25.1. The Bertz CT molecular complexity index is 561. The minimum Gasteiger partial charge on any atom is -0.392 e. The van der Waals surface area contributed by atoms with Gasteiger partial charge in [0, 0.05) is 11.4 Å². The lowest BCUT2D eigenvalue weighted by atomic mass is 10.1. The minimum atomic E-state index is -0.459. The van der Waals surface area contributed by atoms with Crippen LogP contribution in [0.5, 0.6) is 0 Å². The molecule has 5 nitrogen and oxygen atoms in total. The summed E-state index contributed by atoms with van der Waals surface area (Å²) in [7, 11) is 0. The lowest BCUT2D eigenvalue weighted by Crippen LogP contribution is -2.35. The maximum atomic E-state index is 12.1. The van der Waals surface area contributed by atoms with Crippen molar-refractivity contribution in [1.82, 2.24) is 5.32 Å². The molecule has 2 aliphatic rings. The van der Waals surface area contributed by atoms with Gasteiger partial charge in [0.15, 0.2) is 0 Å². The molecule has 0 saturated carbocycles. The van der Waals surface area contributed by atoms with Crippen molar-refractivity contribution in [2.24, 2.45) is 0 Å². The molecule has 0 radical (unpaired) electrons. The molecule has 0 spiro atoms. The number of aliphatic hydroxyl groups excluding tert-OH is 1. The first-order valence-corrected chi connectivity index (χ1v) is 7.27. The van der Waals surface area contributed by atoms with Crippen molar-refractivity contribution in [3.8, 4) is 6.07 Å². The van der Waals surface area contributed by atoms with Crippen LogP contribution in [0.4, 0.5) is 5.00 Å². The Labute approximate surface area is 115 Å². The van der Waals surface area contributed by atoms with Gasteiger partial charge in [-0.15, -0.1) is 11.3 Å². The highest BCUT2D eigenvalue weighted by atomic mass is 32.1. The van der Waals surface area contributed by atoms with E-state index in [1.807, 2.05) is 0 Å². The molecule has 2 atom stereocenters. The monoisotopic (exact) mass is 277 g/mol. The molecule has 1 aliphatic heterocycles. The van der Waals surface area contributed by atoms with E-state index in [0.717, 1.165) is 24.8 Å². The van der Waals surface area contributed by atoms with E-state index in [0.29, 0.717) is 23.5 Å². The predicted molar refractivity (Wildman–Crippen MR) is 72.1 cm³/mol. The van der Waals surface area contributed by atoms with E-state index >= 15 is 0 Å². The molecule has 3 rings (SSSR count). The molecule has 0 bridgehead atoms. The molecule has 0 aromatic carbocycles. The third-order valence-electron chi connectivity index (χ3n) is 3.69. The Morgan fingerprint density at radius 1 is 1.53 bits per heavy atom. The van der Waals surface area contributed by atoms with Crippen LogP contribution >= 0.6 is 11.3 Å². The summed E-state index contributed by atoms with van der Waals surface area (Å²) in [6.07, 6.45) is 3.01. The van der Waals surface area contributed by atoms with Crippen LogP contribution in [0, 0.1) is 11.3 Å². The quantitative estimate of drug-likeness (QED) is 0.745. The second kappa shape index (κ2) is 4.93. The third kappa shape index (κ3) is 2.25. The number of hydrogen-bond acceptors (Lipinski definition) is 5. The van der Waals surface area contributed by atoms with Crippen LogP contribution in [-0.4, -0.2) is 29.7 Å². The van der Waals surface area contributed by atoms with Crippen LogP contribution in [-0.2, 0) is 17.6 Å². The summed E-state index contributed by atoms with van der Waals surface area (Å²) in [6, 6.07) is 1.84. The van der Waals surface area contributed by atoms with Crippen LogP contribution in [0.25, 0.3) is 0 Å². The maximum Gasteiger partial charge on any atom is 0.242 e. The summed E-state index contributed by atoms with van der Waals surface area (Å²) in [5.41, 5.74) is 1.74. The van der Waals surface area contributed by atoms with Crippen molar-refractivity contribution in [3.63, 3.8) is 0 Å². The number of carbonyl (C=O) groups excluding carboxylic acids is 1. The third-order valence-corrected chi connectivity index (χ3v) is 4.90. The fraction of sp³-hybridized carbons (Fsp3) is 0.538. The summed E-state index contributed by atoms with van der Waals surface area (Å²) in [6.45, 7) is 0.449. The van der Waals surface area contributed by atoms with Crippen molar-refractivity contribution in [2.75, 3.05) is 11.9 Å². The van der Waals surface area contributed by atoms with Gasteiger partial charge in [0.1, 0.15) is 11.1 Å². The fourth-order valence-corrected chi connectivity index (χ4v) is 3.97. The molecule has 1 aromatic heterocycles. The average molecular weight is 277 g/mol. The molecule has 2 unspecified atom stereocenters. The summed E-state index contributed by atoms with van der Waals surface area (Å²) in [5.74, 6) is -0.159. The van der Waals surface area contributed by atoms with Gasteiger partial charge < -0.3 is 15.7 Å². The van der Waals surface area contributed by atoms with E-state index in [1.54, 1.807) is 0 Å². The highest BCUT2D eigenvalue weighted by Gasteiger charge is 2.30. The maximum absolute atomic E-state index is 12.1. The number of nitriles is 1. The van der Waals surface area contributed by atoms with E-state index < -0.39 is 6.10 Å². The summed E-state index contributed by atoms with van der Waals surface area (Å²) >= 11 is 1.52. The molecule has 1 amide bonds. The van der Waals surface area contributed by atoms with E-state index in [2.05, 4.69) is 16.7 Å². The molecule has 2 heterocycles. The largest absolute Gasteiger partial charge is 0.392 e. The Morgan fingerprint density at radius 3 is 3.05 bits per heavy atom. The molecule has 1 aliphatic carbocycles. The van der Waals surface area contributed by atoms with Crippen molar-refractivity contribution < 1.29 is 9.90 Å². The Kier molecular flexibility index (Phi) is 3.27. The number of nitrogens with one attached hydrogen (secondary N) is 2.